The van der Waals surface area contributed by atoms with E-state index in [4.69, 9.17) is 9.47 Å². The lowest BCUT2D eigenvalue weighted by Gasteiger charge is -2.16. The molecule has 0 saturated carbocycles. The van der Waals surface area contributed by atoms with Gasteiger partial charge < -0.3 is 19.9 Å². The van der Waals surface area contributed by atoms with Gasteiger partial charge in [0.15, 0.2) is 11.5 Å². The van der Waals surface area contributed by atoms with Crippen LogP contribution in [0.4, 0.5) is 0 Å². The summed E-state index contributed by atoms with van der Waals surface area (Å²) in [5.41, 5.74) is 2.09. The van der Waals surface area contributed by atoms with E-state index in [1.54, 1.807) is 19.5 Å². The largest absolute Gasteiger partial charge is 0.493 e. The van der Waals surface area contributed by atoms with Crippen molar-refractivity contribution in [1.82, 2.24) is 10.3 Å². The van der Waals surface area contributed by atoms with E-state index in [0.29, 0.717) is 24.7 Å². The molecule has 1 unspecified atom stereocenters. The third kappa shape index (κ3) is 5.23. The number of rotatable bonds is 9. The van der Waals surface area contributed by atoms with E-state index in [1.807, 2.05) is 37.3 Å². The maximum atomic E-state index is 9.24. The molecule has 0 aliphatic rings. The quantitative estimate of drug-likeness (QED) is 0.744. The van der Waals surface area contributed by atoms with Crippen molar-refractivity contribution in [3.05, 3.63) is 53.9 Å². The Kier molecular flexibility index (Phi) is 6.84. The van der Waals surface area contributed by atoms with Crippen molar-refractivity contribution >= 4 is 0 Å². The Balaban J connectivity index is 2.03. The van der Waals surface area contributed by atoms with Gasteiger partial charge in [0.05, 0.1) is 13.7 Å². The van der Waals surface area contributed by atoms with Gasteiger partial charge in [0, 0.05) is 30.5 Å². The van der Waals surface area contributed by atoms with Gasteiger partial charge in [0.1, 0.15) is 6.61 Å². The maximum absolute atomic E-state index is 9.24. The van der Waals surface area contributed by atoms with Crippen LogP contribution in [0.5, 0.6) is 11.5 Å². The summed E-state index contributed by atoms with van der Waals surface area (Å²) in [4.78, 5) is 4.08. The summed E-state index contributed by atoms with van der Waals surface area (Å²) in [5, 5.41) is 12.6. The summed E-state index contributed by atoms with van der Waals surface area (Å²) in [6, 6.07) is 9.82. The van der Waals surface area contributed by atoms with Crippen molar-refractivity contribution in [2.75, 3.05) is 13.7 Å². The van der Waals surface area contributed by atoms with Gasteiger partial charge in [-0.15, -0.1) is 0 Å². The van der Waals surface area contributed by atoms with E-state index >= 15 is 0 Å². The number of aliphatic hydroxyl groups is 1. The van der Waals surface area contributed by atoms with Crippen LogP contribution in [0.1, 0.15) is 24.5 Å². The minimum absolute atomic E-state index is 0.108. The molecule has 1 aromatic heterocycles. The highest BCUT2D eigenvalue weighted by atomic mass is 16.5. The standard InChI is InChI=1S/C18H24N2O3/c1-3-16(12-21)20-11-14-6-7-17(22-2)18(9-14)23-13-15-5-4-8-19-10-15/h4-10,16,20-21H,3,11-13H2,1-2H3. The third-order valence-corrected chi connectivity index (χ3v) is 3.65. The molecule has 0 amide bonds. The lowest BCUT2D eigenvalue weighted by molar-refractivity contribution is 0.238. The highest BCUT2D eigenvalue weighted by Gasteiger charge is 2.08. The predicted molar refractivity (Wildman–Crippen MR) is 89.6 cm³/mol. The van der Waals surface area contributed by atoms with Gasteiger partial charge >= 0.3 is 0 Å². The number of hydrogen-bond acceptors (Lipinski definition) is 5. The van der Waals surface area contributed by atoms with Crippen molar-refractivity contribution in [2.45, 2.75) is 32.5 Å². The van der Waals surface area contributed by atoms with E-state index in [-0.39, 0.29) is 12.6 Å². The van der Waals surface area contributed by atoms with Gasteiger partial charge in [-0.05, 0) is 30.2 Å². The number of aliphatic hydroxyl groups excluding tert-OH is 1. The Morgan fingerprint density at radius 2 is 2.09 bits per heavy atom. The molecule has 1 heterocycles. The van der Waals surface area contributed by atoms with Crippen LogP contribution in [-0.4, -0.2) is 29.8 Å². The molecule has 124 valence electrons. The normalized spacial score (nSPS) is 12.0. The van der Waals surface area contributed by atoms with Gasteiger partial charge in [0.25, 0.3) is 0 Å². The lowest BCUT2D eigenvalue weighted by atomic mass is 10.1. The topological polar surface area (TPSA) is 63.6 Å². The van der Waals surface area contributed by atoms with Crippen LogP contribution >= 0.6 is 0 Å². The monoisotopic (exact) mass is 316 g/mol. The fourth-order valence-electron chi connectivity index (χ4n) is 2.19. The Morgan fingerprint density at radius 3 is 2.74 bits per heavy atom. The molecule has 0 radical (unpaired) electrons. The first kappa shape index (κ1) is 17.2. The Bertz CT molecular complexity index is 586. The first-order valence-electron chi connectivity index (χ1n) is 7.79. The van der Waals surface area contributed by atoms with E-state index < -0.39 is 0 Å². The molecule has 1 aromatic carbocycles. The molecule has 2 N–H and O–H groups in total. The van der Waals surface area contributed by atoms with Gasteiger partial charge in [-0.2, -0.15) is 0 Å². The molecule has 0 aliphatic heterocycles. The second-order valence-electron chi connectivity index (χ2n) is 5.30. The number of nitrogens with zero attached hydrogens (tertiary/aromatic N) is 1. The van der Waals surface area contributed by atoms with Gasteiger partial charge in [-0.3, -0.25) is 4.98 Å². The van der Waals surface area contributed by atoms with Crippen LogP contribution in [0.25, 0.3) is 0 Å². The molecular formula is C18H24N2O3. The highest BCUT2D eigenvalue weighted by molar-refractivity contribution is 5.43. The first-order valence-corrected chi connectivity index (χ1v) is 7.79. The van der Waals surface area contributed by atoms with Gasteiger partial charge in [-0.1, -0.05) is 19.1 Å². The Hall–Kier alpha value is -2.11. The third-order valence-electron chi connectivity index (χ3n) is 3.65. The lowest BCUT2D eigenvalue weighted by Crippen LogP contribution is -2.31. The van der Waals surface area contributed by atoms with Crippen LogP contribution in [0, 0.1) is 0 Å². The average Bonchev–Trinajstić information content (AvgIpc) is 2.62. The Labute approximate surface area is 137 Å². The average molecular weight is 316 g/mol. The fourth-order valence-corrected chi connectivity index (χ4v) is 2.19. The molecule has 0 fully saturated rings. The number of methoxy groups -OCH3 is 1. The molecule has 23 heavy (non-hydrogen) atoms. The van der Waals surface area contributed by atoms with E-state index in [2.05, 4.69) is 10.3 Å². The minimum Gasteiger partial charge on any atom is -0.493 e. The number of hydrogen-bond donors (Lipinski definition) is 2. The number of ether oxygens (including phenoxy) is 2. The molecule has 0 aliphatic carbocycles. The fraction of sp³-hybridized carbons (Fsp3) is 0.389. The smallest absolute Gasteiger partial charge is 0.161 e. The van der Waals surface area contributed by atoms with Gasteiger partial charge in [0.2, 0.25) is 0 Å². The maximum Gasteiger partial charge on any atom is 0.161 e. The molecule has 0 spiro atoms. The summed E-state index contributed by atoms with van der Waals surface area (Å²) in [7, 11) is 1.63. The molecule has 0 bridgehead atoms. The molecule has 1 atom stereocenters. The predicted octanol–water partition coefficient (Wildman–Crippen LogP) is 2.53. The summed E-state index contributed by atoms with van der Waals surface area (Å²) in [6.07, 6.45) is 4.41. The van der Waals surface area contributed by atoms with Crippen LogP contribution in [0.2, 0.25) is 0 Å². The van der Waals surface area contributed by atoms with E-state index in [1.165, 1.54) is 0 Å². The van der Waals surface area contributed by atoms with Crippen LogP contribution < -0.4 is 14.8 Å². The van der Waals surface area contributed by atoms with Crippen LogP contribution in [0.3, 0.4) is 0 Å². The Morgan fingerprint density at radius 1 is 1.22 bits per heavy atom. The second kappa shape index (κ2) is 9.12. The SMILES string of the molecule is CCC(CO)NCc1ccc(OC)c(OCc2cccnc2)c1. The zero-order chi connectivity index (χ0) is 16.5. The number of pyridine rings is 1. The van der Waals surface area contributed by atoms with Gasteiger partial charge in [-0.25, -0.2) is 0 Å². The summed E-state index contributed by atoms with van der Waals surface area (Å²) < 4.78 is 11.2. The van der Waals surface area contributed by atoms with E-state index in [9.17, 15) is 5.11 Å². The molecule has 2 aromatic rings. The zero-order valence-corrected chi connectivity index (χ0v) is 13.7. The molecule has 5 nitrogen and oxygen atoms in total. The van der Waals surface area contributed by atoms with Crippen molar-refractivity contribution in [2.24, 2.45) is 0 Å². The number of aromatic nitrogens is 1. The molecule has 2 rings (SSSR count). The molecular weight excluding hydrogens is 292 g/mol. The summed E-state index contributed by atoms with van der Waals surface area (Å²) >= 11 is 0. The summed E-state index contributed by atoms with van der Waals surface area (Å²) in [6.45, 7) is 3.29. The second-order valence-corrected chi connectivity index (χ2v) is 5.30. The van der Waals surface area contributed by atoms with Crippen molar-refractivity contribution < 1.29 is 14.6 Å². The first-order chi connectivity index (χ1) is 11.3. The molecule has 5 heteroatoms. The summed E-state index contributed by atoms with van der Waals surface area (Å²) in [5.74, 6) is 1.40. The van der Waals surface area contributed by atoms with E-state index in [0.717, 1.165) is 17.5 Å². The van der Waals surface area contributed by atoms with Crippen molar-refractivity contribution in [1.29, 1.82) is 0 Å². The van der Waals surface area contributed by atoms with Crippen molar-refractivity contribution in [3.63, 3.8) is 0 Å². The zero-order valence-electron chi connectivity index (χ0n) is 13.7. The highest BCUT2D eigenvalue weighted by Crippen LogP contribution is 2.28. The van der Waals surface area contributed by atoms with Crippen LogP contribution in [0.15, 0.2) is 42.7 Å². The number of benzene rings is 1. The van der Waals surface area contributed by atoms with Crippen molar-refractivity contribution in [3.8, 4) is 11.5 Å². The van der Waals surface area contributed by atoms with Crippen LogP contribution in [-0.2, 0) is 13.2 Å². The molecule has 0 saturated heterocycles. The minimum atomic E-state index is 0.108. The number of nitrogens with one attached hydrogen (secondary N) is 1.